The summed E-state index contributed by atoms with van der Waals surface area (Å²) < 4.78 is 0. The number of nitrogens with one attached hydrogen (secondary N) is 1. The van der Waals surface area contributed by atoms with Crippen LogP contribution < -0.4 is 5.32 Å². The van der Waals surface area contributed by atoms with Gasteiger partial charge in [0, 0.05) is 17.3 Å². The number of hydrogen-bond acceptors (Lipinski definition) is 4. The molecule has 2 aromatic heterocycles. The van der Waals surface area contributed by atoms with Crippen LogP contribution in [0.3, 0.4) is 0 Å². The number of fused-ring (bicyclic) bond motifs is 1. The molecule has 3 aromatic rings. The molecule has 1 atom stereocenters. The fourth-order valence-electron chi connectivity index (χ4n) is 2.59. The van der Waals surface area contributed by atoms with E-state index in [1.165, 1.54) is 21.4 Å². The van der Waals surface area contributed by atoms with Crippen LogP contribution in [-0.4, -0.2) is 9.97 Å². The number of anilines is 1. The second kappa shape index (κ2) is 6.05. The second-order valence-corrected chi connectivity index (χ2v) is 6.79. The van der Waals surface area contributed by atoms with Crippen LogP contribution in [-0.2, 0) is 6.42 Å². The van der Waals surface area contributed by atoms with Gasteiger partial charge < -0.3 is 5.32 Å². The zero-order chi connectivity index (χ0) is 15.7. The molecule has 2 heterocycles. The summed E-state index contributed by atoms with van der Waals surface area (Å²) in [5, 5.41) is 4.75. The average Bonchev–Trinajstić information content (AvgIpc) is 2.82. The smallest absolute Gasteiger partial charge is 0.139 e. The zero-order valence-corrected chi connectivity index (χ0v) is 14.3. The highest BCUT2D eigenvalue weighted by atomic mass is 32.1. The Labute approximate surface area is 135 Å². The minimum atomic E-state index is 0.212. The third-order valence-corrected chi connectivity index (χ3v) is 5.15. The molecule has 0 aliphatic rings. The van der Waals surface area contributed by atoms with E-state index in [2.05, 4.69) is 62.3 Å². The summed E-state index contributed by atoms with van der Waals surface area (Å²) in [5.74, 6) is 1.86. The van der Waals surface area contributed by atoms with Crippen molar-refractivity contribution in [3.63, 3.8) is 0 Å². The van der Waals surface area contributed by atoms with Crippen LogP contribution in [0.25, 0.3) is 10.2 Å². The molecule has 114 valence electrons. The van der Waals surface area contributed by atoms with Crippen molar-refractivity contribution in [2.45, 2.75) is 40.2 Å². The van der Waals surface area contributed by atoms with Crippen LogP contribution in [0.4, 0.5) is 5.82 Å². The van der Waals surface area contributed by atoms with Crippen LogP contribution in [0.15, 0.2) is 30.3 Å². The maximum atomic E-state index is 4.74. The molecule has 3 rings (SSSR count). The predicted octanol–water partition coefficient (Wildman–Crippen LogP) is 5.04. The van der Waals surface area contributed by atoms with Gasteiger partial charge in [0.2, 0.25) is 0 Å². The number of hydrogen-bond donors (Lipinski definition) is 1. The topological polar surface area (TPSA) is 37.8 Å². The Kier molecular flexibility index (Phi) is 4.12. The molecule has 0 aliphatic heterocycles. The summed E-state index contributed by atoms with van der Waals surface area (Å²) in [6, 6.07) is 10.7. The Balaban J connectivity index is 2.05. The van der Waals surface area contributed by atoms with E-state index in [-0.39, 0.29) is 6.04 Å². The van der Waals surface area contributed by atoms with Gasteiger partial charge in [-0.1, -0.05) is 37.3 Å². The highest BCUT2D eigenvalue weighted by Gasteiger charge is 2.16. The minimum Gasteiger partial charge on any atom is -0.363 e. The maximum Gasteiger partial charge on any atom is 0.139 e. The van der Waals surface area contributed by atoms with E-state index in [1.807, 2.05) is 6.07 Å². The maximum absolute atomic E-state index is 4.74. The number of aromatic nitrogens is 2. The molecule has 3 nitrogen and oxygen atoms in total. The van der Waals surface area contributed by atoms with E-state index in [0.29, 0.717) is 0 Å². The highest BCUT2D eigenvalue weighted by Crippen LogP contribution is 2.34. The van der Waals surface area contributed by atoms with Gasteiger partial charge in [0.15, 0.2) is 0 Å². The van der Waals surface area contributed by atoms with Gasteiger partial charge in [0.1, 0.15) is 16.5 Å². The number of rotatable bonds is 4. The van der Waals surface area contributed by atoms with E-state index in [4.69, 9.17) is 4.98 Å². The number of thiophene rings is 1. The fourth-order valence-corrected chi connectivity index (χ4v) is 3.63. The van der Waals surface area contributed by atoms with Gasteiger partial charge in [-0.25, -0.2) is 9.97 Å². The molecule has 1 aromatic carbocycles. The van der Waals surface area contributed by atoms with Gasteiger partial charge in [-0.3, -0.25) is 0 Å². The van der Waals surface area contributed by atoms with Crippen molar-refractivity contribution in [1.29, 1.82) is 0 Å². The molecule has 1 unspecified atom stereocenters. The lowest BCUT2D eigenvalue weighted by Gasteiger charge is -2.16. The molecule has 1 N–H and O–H groups in total. The van der Waals surface area contributed by atoms with E-state index in [9.17, 15) is 0 Å². The molecule has 22 heavy (non-hydrogen) atoms. The zero-order valence-electron chi connectivity index (χ0n) is 13.5. The van der Waals surface area contributed by atoms with Crippen molar-refractivity contribution in [1.82, 2.24) is 9.97 Å². The molecule has 0 fully saturated rings. The lowest BCUT2D eigenvalue weighted by atomic mass is 10.1. The Morgan fingerprint density at radius 2 is 1.86 bits per heavy atom. The molecule has 4 heteroatoms. The van der Waals surface area contributed by atoms with E-state index >= 15 is 0 Å². The molecule has 0 amide bonds. The van der Waals surface area contributed by atoms with Crippen LogP contribution in [0.1, 0.15) is 41.7 Å². The Morgan fingerprint density at radius 1 is 1.14 bits per heavy atom. The fraction of sp³-hybridized carbons (Fsp3) is 0.333. The molecule has 0 bridgehead atoms. The van der Waals surface area contributed by atoms with Crippen LogP contribution >= 0.6 is 11.3 Å². The molecule has 0 saturated carbocycles. The number of benzene rings is 1. The number of aryl methyl sites for hydroxylation is 3. The number of nitrogens with zero attached hydrogens (tertiary/aromatic N) is 2. The minimum absolute atomic E-state index is 0.212. The average molecular weight is 311 g/mol. The van der Waals surface area contributed by atoms with Crippen molar-refractivity contribution < 1.29 is 0 Å². The first-order valence-corrected chi connectivity index (χ1v) is 8.50. The monoisotopic (exact) mass is 311 g/mol. The third kappa shape index (κ3) is 2.71. The van der Waals surface area contributed by atoms with Gasteiger partial charge >= 0.3 is 0 Å². The normalized spacial score (nSPS) is 12.5. The van der Waals surface area contributed by atoms with E-state index in [1.54, 1.807) is 11.3 Å². The Bertz CT molecular complexity index is 793. The van der Waals surface area contributed by atoms with Crippen LogP contribution in [0, 0.1) is 13.8 Å². The van der Waals surface area contributed by atoms with Gasteiger partial charge in [0.25, 0.3) is 0 Å². The van der Waals surface area contributed by atoms with E-state index < -0.39 is 0 Å². The summed E-state index contributed by atoms with van der Waals surface area (Å²) in [5.41, 5.74) is 2.54. The van der Waals surface area contributed by atoms with Gasteiger partial charge in [-0.05, 0) is 31.9 Å². The first-order chi connectivity index (χ1) is 10.6. The molecule has 0 saturated heterocycles. The Hall–Kier alpha value is -1.94. The SMILES string of the molecule is CCc1nc(NC(C)c2ccccc2)c2c(C)c(C)sc2n1. The van der Waals surface area contributed by atoms with Crippen molar-refractivity contribution in [2.24, 2.45) is 0 Å². The standard InChI is InChI=1S/C18H21N3S/c1-5-15-20-17(16-11(2)13(4)22-18(16)21-15)19-12(3)14-9-7-6-8-10-14/h6-10,12H,5H2,1-4H3,(H,19,20,21). The lowest BCUT2D eigenvalue weighted by Crippen LogP contribution is -2.10. The third-order valence-electron chi connectivity index (χ3n) is 4.04. The summed E-state index contributed by atoms with van der Waals surface area (Å²) in [4.78, 5) is 11.8. The quantitative estimate of drug-likeness (QED) is 0.733. The summed E-state index contributed by atoms with van der Waals surface area (Å²) >= 11 is 1.75. The van der Waals surface area contributed by atoms with Crippen molar-refractivity contribution >= 4 is 27.4 Å². The highest BCUT2D eigenvalue weighted by molar-refractivity contribution is 7.18. The lowest BCUT2D eigenvalue weighted by molar-refractivity contribution is 0.865. The van der Waals surface area contributed by atoms with Crippen molar-refractivity contribution in [3.8, 4) is 0 Å². The van der Waals surface area contributed by atoms with Gasteiger partial charge in [-0.15, -0.1) is 11.3 Å². The van der Waals surface area contributed by atoms with Gasteiger partial charge in [-0.2, -0.15) is 0 Å². The van der Waals surface area contributed by atoms with Crippen LogP contribution in [0.5, 0.6) is 0 Å². The molecule has 0 radical (unpaired) electrons. The second-order valence-electron chi connectivity index (χ2n) is 5.58. The first kappa shape index (κ1) is 15.0. The molecule has 0 aliphatic carbocycles. The predicted molar refractivity (Wildman–Crippen MR) is 94.7 cm³/mol. The summed E-state index contributed by atoms with van der Waals surface area (Å²) in [7, 11) is 0. The molecular formula is C18H21N3S. The summed E-state index contributed by atoms with van der Waals surface area (Å²) in [6.45, 7) is 8.57. The van der Waals surface area contributed by atoms with Crippen LogP contribution in [0.2, 0.25) is 0 Å². The largest absolute Gasteiger partial charge is 0.363 e. The molecular weight excluding hydrogens is 290 g/mol. The van der Waals surface area contributed by atoms with E-state index in [0.717, 1.165) is 22.9 Å². The van der Waals surface area contributed by atoms with Crippen molar-refractivity contribution in [3.05, 3.63) is 52.2 Å². The Morgan fingerprint density at radius 3 is 2.55 bits per heavy atom. The molecule has 0 spiro atoms. The van der Waals surface area contributed by atoms with Crippen molar-refractivity contribution in [2.75, 3.05) is 5.32 Å². The van der Waals surface area contributed by atoms with Gasteiger partial charge in [0.05, 0.1) is 5.39 Å². The first-order valence-electron chi connectivity index (χ1n) is 7.68. The summed E-state index contributed by atoms with van der Waals surface area (Å²) in [6.07, 6.45) is 0.848.